The van der Waals surface area contributed by atoms with Crippen molar-refractivity contribution < 1.29 is 13.6 Å². The van der Waals surface area contributed by atoms with E-state index in [9.17, 15) is 9.18 Å². The Bertz CT molecular complexity index is 1140. The van der Waals surface area contributed by atoms with Crippen molar-refractivity contribution in [3.63, 3.8) is 0 Å². The highest BCUT2D eigenvalue weighted by molar-refractivity contribution is 7.98. The summed E-state index contributed by atoms with van der Waals surface area (Å²) in [7, 11) is 0. The summed E-state index contributed by atoms with van der Waals surface area (Å²) >= 11 is 2.49. The first kappa shape index (κ1) is 19.2. The van der Waals surface area contributed by atoms with Crippen molar-refractivity contribution in [1.29, 1.82) is 0 Å². The van der Waals surface area contributed by atoms with Crippen LogP contribution < -0.4 is 5.32 Å². The summed E-state index contributed by atoms with van der Waals surface area (Å²) in [5.41, 5.74) is 2.45. The molecule has 0 radical (unpaired) electrons. The molecule has 0 aliphatic heterocycles. The summed E-state index contributed by atoms with van der Waals surface area (Å²) in [6.45, 7) is 1.99. The van der Waals surface area contributed by atoms with Gasteiger partial charge in [0, 0.05) is 11.3 Å². The van der Waals surface area contributed by atoms with Crippen molar-refractivity contribution in [3.8, 4) is 11.5 Å². The lowest BCUT2D eigenvalue weighted by atomic mass is 10.1. The fourth-order valence-corrected chi connectivity index (χ4v) is 3.89. The van der Waals surface area contributed by atoms with Crippen LogP contribution in [0.4, 0.5) is 10.1 Å². The normalized spacial score (nSPS) is 10.8. The van der Waals surface area contributed by atoms with E-state index in [4.69, 9.17) is 4.42 Å². The van der Waals surface area contributed by atoms with Crippen molar-refractivity contribution in [1.82, 2.24) is 20.4 Å². The van der Waals surface area contributed by atoms with Crippen molar-refractivity contribution in [3.05, 3.63) is 69.9 Å². The molecule has 29 heavy (non-hydrogen) atoms. The van der Waals surface area contributed by atoms with Crippen LogP contribution in [0.15, 0.2) is 58.2 Å². The molecule has 2 heterocycles. The van der Waals surface area contributed by atoms with Crippen molar-refractivity contribution >= 4 is 34.7 Å². The highest BCUT2D eigenvalue weighted by Crippen LogP contribution is 2.27. The van der Waals surface area contributed by atoms with Crippen molar-refractivity contribution in [2.24, 2.45) is 0 Å². The van der Waals surface area contributed by atoms with Gasteiger partial charge in [0.2, 0.25) is 10.9 Å². The number of nitrogens with one attached hydrogen (secondary N) is 1. The fraction of sp³-hybridized carbons (Fsp3) is 0.105. The number of carbonyl (C=O) groups excluding carboxylic acids is 1. The minimum atomic E-state index is -0.398. The van der Waals surface area contributed by atoms with Crippen LogP contribution in [-0.4, -0.2) is 26.3 Å². The molecule has 0 unspecified atom stereocenters. The highest BCUT2D eigenvalue weighted by atomic mass is 32.2. The van der Waals surface area contributed by atoms with Gasteiger partial charge in [0.05, 0.1) is 5.75 Å². The summed E-state index contributed by atoms with van der Waals surface area (Å²) in [4.78, 5) is 12.2. The Morgan fingerprint density at radius 3 is 2.76 bits per heavy atom. The van der Waals surface area contributed by atoms with Gasteiger partial charge in [-0.1, -0.05) is 40.8 Å². The number of nitrogens with zero attached hydrogens (tertiary/aromatic N) is 4. The van der Waals surface area contributed by atoms with E-state index in [1.165, 1.54) is 47.4 Å². The Hall–Kier alpha value is -3.11. The zero-order chi connectivity index (χ0) is 20.2. The van der Waals surface area contributed by atoms with Crippen LogP contribution >= 0.6 is 23.1 Å². The molecule has 0 bridgehead atoms. The molecular formula is C19H14FN5O2S2. The molecule has 0 spiro atoms. The summed E-state index contributed by atoms with van der Waals surface area (Å²) < 4.78 is 18.6. The Morgan fingerprint density at radius 2 is 1.97 bits per heavy atom. The molecule has 146 valence electrons. The maximum atomic E-state index is 12.9. The van der Waals surface area contributed by atoms with Crippen molar-refractivity contribution in [2.75, 3.05) is 5.32 Å². The Morgan fingerprint density at radius 1 is 1.14 bits per heavy atom. The van der Waals surface area contributed by atoms with Crippen LogP contribution in [0.5, 0.6) is 0 Å². The first-order valence-corrected chi connectivity index (χ1v) is 10.3. The van der Waals surface area contributed by atoms with E-state index in [-0.39, 0.29) is 10.8 Å². The Balaban J connectivity index is 1.36. The van der Waals surface area contributed by atoms with Crippen LogP contribution in [0.2, 0.25) is 0 Å². The number of carbonyl (C=O) groups is 1. The molecule has 2 aromatic carbocycles. The minimum Gasteiger partial charge on any atom is -0.411 e. The number of thioether (sulfide) groups is 1. The molecule has 0 aliphatic rings. The Kier molecular flexibility index (Phi) is 5.63. The van der Waals surface area contributed by atoms with E-state index in [0.717, 1.165) is 11.1 Å². The van der Waals surface area contributed by atoms with Crippen LogP contribution in [0.1, 0.15) is 20.4 Å². The molecule has 1 amide bonds. The molecule has 0 saturated heterocycles. The van der Waals surface area contributed by atoms with Crippen molar-refractivity contribution in [2.45, 2.75) is 17.9 Å². The summed E-state index contributed by atoms with van der Waals surface area (Å²) in [6.07, 6.45) is 0. The number of benzene rings is 2. The van der Waals surface area contributed by atoms with E-state index >= 15 is 0 Å². The van der Waals surface area contributed by atoms with E-state index < -0.39 is 5.91 Å². The van der Waals surface area contributed by atoms with E-state index in [1.807, 2.05) is 31.2 Å². The molecule has 2 aromatic heterocycles. The third-order valence-corrected chi connectivity index (χ3v) is 5.69. The maximum absolute atomic E-state index is 12.9. The van der Waals surface area contributed by atoms with Crippen LogP contribution in [0, 0.1) is 12.7 Å². The van der Waals surface area contributed by atoms with E-state index in [1.54, 1.807) is 0 Å². The van der Waals surface area contributed by atoms with Crippen LogP contribution in [-0.2, 0) is 5.75 Å². The molecule has 0 saturated carbocycles. The third-order valence-electron chi connectivity index (χ3n) is 3.75. The van der Waals surface area contributed by atoms with Gasteiger partial charge in [0.15, 0.2) is 0 Å². The van der Waals surface area contributed by atoms with Gasteiger partial charge in [-0.25, -0.2) is 4.39 Å². The summed E-state index contributed by atoms with van der Waals surface area (Å²) in [6, 6.07) is 13.3. The highest BCUT2D eigenvalue weighted by Gasteiger charge is 2.15. The summed E-state index contributed by atoms with van der Waals surface area (Å²) in [5.74, 6) is 0.124. The lowest BCUT2D eigenvalue weighted by molar-refractivity contribution is 0.102. The number of amides is 1. The lowest BCUT2D eigenvalue weighted by Crippen LogP contribution is -2.11. The first-order chi connectivity index (χ1) is 14.1. The average molecular weight is 427 g/mol. The predicted octanol–water partition coefficient (Wildman–Crippen LogP) is 4.58. The number of hydrogen-bond acceptors (Lipinski definition) is 8. The fourth-order valence-electron chi connectivity index (χ4n) is 2.41. The first-order valence-electron chi connectivity index (χ1n) is 8.49. The third kappa shape index (κ3) is 4.84. The number of rotatable bonds is 6. The molecular weight excluding hydrogens is 413 g/mol. The van der Waals surface area contributed by atoms with Gasteiger partial charge in [0.25, 0.3) is 11.1 Å². The molecule has 0 fully saturated rings. The second-order valence-electron chi connectivity index (χ2n) is 5.99. The van der Waals surface area contributed by atoms with E-state index in [2.05, 4.69) is 25.7 Å². The van der Waals surface area contributed by atoms with Gasteiger partial charge in [-0.3, -0.25) is 4.79 Å². The van der Waals surface area contributed by atoms with Crippen LogP contribution in [0.25, 0.3) is 11.5 Å². The maximum Gasteiger partial charge on any atom is 0.286 e. The molecule has 7 nitrogen and oxygen atoms in total. The SMILES string of the molecule is Cc1cccc(-c2nnc(SCc3nnc(C(=O)Nc4ccc(F)cc4)s3)o2)c1. The second-order valence-corrected chi connectivity index (χ2v) is 7.98. The quantitative estimate of drug-likeness (QED) is 0.450. The molecule has 0 atom stereocenters. The largest absolute Gasteiger partial charge is 0.411 e. The van der Waals surface area contributed by atoms with Crippen LogP contribution in [0.3, 0.4) is 0 Å². The lowest BCUT2D eigenvalue weighted by Gasteiger charge is -2.01. The van der Waals surface area contributed by atoms with E-state index in [0.29, 0.717) is 27.6 Å². The van der Waals surface area contributed by atoms with Gasteiger partial charge in [-0.2, -0.15) is 0 Å². The summed E-state index contributed by atoms with van der Waals surface area (Å²) in [5, 5.41) is 20.0. The zero-order valence-corrected chi connectivity index (χ0v) is 16.8. The van der Waals surface area contributed by atoms with Gasteiger partial charge in [0.1, 0.15) is 10.8 Å². The smallest absolute Gasteiger partial charge is 0.286 e. The standard InChI is InChI=1S/C19H14FN5O2S2/c1-11-3-2-4-12(9-11)17-23-25-19(27-17)28-10-15-22-24-18(29-15)16(26)21-14-7-5-13(20)6-8-14/h2-9H,10H2,1H3,(H,21,26). The number of aromatic nitrogens is 4. The van der Waals surface area contributed by atoms with Gasteiger partial charge >= 0.3 is 0 Å². The number of hydrogen-bond donors (Lipinski definition) is 1. The average Bonchev–Trinajstić information content (AvgIpc) is 3.38. The zero-order valence-electron chi connectivity index (χ0n) is 15.1. The van der Waals surface area contributed by atoms with Gasteiger partial charge in [-0.05, 0) is 43.3 Å². The minimum absolute atomic E-state index is 0.218. The molecule has 4 rings (SSSR count). The molecule has 10 heteroatoms. The molecule has 0 aliphatic carbocycles. The number of aryl methyl sites for hydroxylation is 1. The van der Waals surface area contributed by atoms with Gasteiger partial charge in [-0.15, -0.1) is 20.4 Å². The Labute approximate surface area is 173 Å². The topological polar surface area (TPSA) is 93.8 Å². The molecule has 1 N–H and O–H groups in total. The second kappa shape index (κ2) is 8.50. The predicted molar refractivity (Wildman–Crippen MR) is 108 cm³/mol. The molecule has 4 aromatic rings. The monoisotopic (exact) mass is 427 g/mol. The number of halogens is 1. The van der Waals surface area contributed by atoms with Gasteiger partial charge < -0.3 is 9.73 Å². The number of anilines is 1.